The molecule has 2 fully saturated rings. The van der Waals surface area contributed by atoms with Gasteiger partial charge < -0.3 is 9.64 Å². The first-order valence-electron chi connectivity index (χ1n) is 6.33. The summed E-state index contributed by atoms with van der Waals surface area (Å²) in [6, 6.07) is 11.1. The van der Waals surface area contributed by atoms with Crippen LogP contribution in [0.4, 0.5) is 0 Å². The summed E-state index contributed by atoms with van der Waals surface area (Å²) in [6.45, 7) is 3.11. The molecule has 0 saturated carbocycles. The fourth-order valence-corrected chi connectivity index (χ4v) is 3.18. The zero-order chi connectivity index (χ0) is 11.8. The van der Waals surface area contributed by atoms with Gasteiger partial charge in [-0.1, -0.05) is 30.3 Å². The highest BCUT2D eigenvalue weighted by Crippen LogP contribution is 2.33. The molecule has 0 radical (unpaired) electrons. The summed E-state index contributed by atoms with van der Waals surface area (Å²) in [5.74, 6) is 0. The lowest BCUT2D eigenvalue weighted by Gasteiger charge is -2.48. The molecule has 0 aliphatic carbocycles. The van der Waals surface area contributed by atoms with Crippen LogP contribution in [0.3, 0.4) is 0 Å². The minimum atomic E-state index is 0.305. The van der Waals surface area contributed by atoms with E-state index >= 15 is 0 Å². The molecule has 3 heteroatoms. The molecule has 2 aliphatic rings. The van der Waals surface area contributed by atoms with Gasteiger partial charge in [-0.05, 0) is 19.7 Å². The van der Waals surface area contributed by atoms with E-state index in [9.17, 15) is 0 Å². The smallest absolute Gasteiger partial charge is 0.0903 e. The summed E-state index contributed by atoms with van der Waals surface area (Å²) in [6.07, 6.45) is 0.684. The van der Waals surface area contributed by atoms with Crippen LogP contribution in [-0.4, -0.2) is 55.7 Å². The number of morpholine rings is 2. The molecule has 0 aromatic heterocycles. The van der Waals surface area contributed by atoms with E-state index in [1.807, 2.05) is 0 Å². The Morgan fingerprint density at radius 1 is 1.06 bits per heavy atom. The van der Waals surface area contributed by atoms with Crippen molar-refractivity contribution in [2.45, 2.75) is 18.2 Å². The van der Waals surface area contributed by atoms with Crippen LogP contribution in [0, 0.1) is 0 Å². The molecule has 0 spiro atoms. The molecule has 92 valence electrons. The SMILES string of the molecule is CN1CC2CN(C)C(c3ccccc3)C(C1)O2. The molecule has 1 aromatic carbocycles. The molecule has 2 heterocycles. The van der Waals surface area contributed by atoms with E-state index in [-0.39, 0.29) is 0 Å². The van der Waals surface area contributed by atoms with Crippen molar-refractivity contribution in [1.82, 2.24) is 9.80 Å². The van der Waals surface area contributed by atoms with Gasteiger partial charge in [0.15, 0.2) is 0 Å². The maximum absolute atomic E-state index is 6.15. The van der Waals surface area contributed by atoms with Crippen molar-refractivity contribution in [3.8, 4) is 0 Å². The van der Waals surface area contributed by atoms with Gasteiger partial charge in [-0.3, -0.25) is 4.90 Å². The van der Waals surface area contributed by atoms with Crippen molar-refractivity contribution in [1.29, 1.82) is 0 Å². The average Bonchev–Trinajstić information content (AvgIpc) is 2.28. The van der Waals surface area contributed by atoms with Crippen LogP contribution >= 0.6 is 0 Å². The normalized spacial score (nSPS) is 34.8. The zero-order valence-electron chi connectivity index (χ0n) is 10.5. The van der Waals surface area contributed by atoms with E-state index in [0.29, 0.717) is 18.2 Å². The molecule has 3 atom stereocenters. The first kappa shape index (κ1) is 11.2. The zero-order valence-corrected chi connectivity index (χ0v) is 10.5. The van der Waals surface area contributed by atoms with E-state index in [1.54, 1.807) is 0 Å². The van der Waals surface area contributed by atoms with Crippen LogP contribution < -0.4 is 0 Å². The molecular weight excluding hydrogens is 212 g/mol. The summed E-state index contributed by atoms with van der Waals surface area (Å²) in [7, 11) is 4.40. The third-order valence-corrected chi connectivity index (χ3v) is 3.83. The molecule has 2 bridgehead atoms. The summed E-state index contributed by atoms with van der Waals surface area (Å²) >= 11 is 0. The van der Waals surface area contributed by atoms with Gasteiger partial charge in [-0.15, -0.1) is 0 Å². The Labute approximate surface area is 103 Å². The van der Waals surface area contributed by atoms with Crippen molar-refractivity contribution >= 4 is 0 Å². The van der Waals surface area contributed by atoms with E-state index in [4.69, 9.17) is 4.74 Å². The van der Waals surface area contributed by atoms with E-state index in [0.717, 1.165) is 19.6 Å². The predicted octanol–water partition coefficient (Wildman–Crippen LogP) is 1.37. The standard InChI is InChI=1S/C14H20N2O/c1-15-8-12-9-16(2)14(13(10-15)17-12)11-6-4-3-5-7-11/h3-7,12-14H,8-10H2,1-2H3. The second kappa shape index (κ2) is 4.41. The van der Waals surface area contributed by atoms with Gasteiger partial charge in [0, 0.05) is 19.6 Å². The predicted molar refractivity (Wildman–Crippen MR) is 68.0 cm³/mol. The number of hydrogen-bond acceptors (Lipinski definition) is 3. The van der Waals surface area contributed by atoms with Crippen LogP contribution in [0.2, 0.25) is 0 Å². The van der Waals surface area contributed by atoms with Crippen molar-refractivity contribution in [3.05, 3.63) is 35.9 Å². The summed E-state index contributed by atoms with van der Waals surface area (Å²) < 4.78 is 6.15. The Balaban J connectivity index is 1.88. The number of hydrogen-bond donors (Lipinski definition) is 0. The lowest BCUT2D eigenvalue weighted by molar-refractivity contribution is -0.158. The Kier molecular flexibility index (Phi) is 2.90. The first-order valence-corrected chi connectivity index (χ1v) is 6.33. The van der Waals surface area contributed by atoms with Gasteiger partial charge in [-0.2, -0.15) is 0 Å². The van der Waals surface area contributed by atoms with Gasteiger partial charge >= 0.3 is 0 Å². The highest BCUT2D eigenvalue weighted by molar-refractivity contribution is 5.21. The third kappa shape index (κ3) is 2.10. The number of likely N-dealkylation sites (N-methyl/N-ethyl adjacent to an activating group) is 2. The van der Waals surface area contributed by atoms with Crippen LogP contribution in [0.25, 0.3) is 0 Å². The molecule has 2 saturated heterocycles. The topological polar surface area (TPSA) is 15.7 Å². The highest BCUT2D eigenvalue weighted by Gasteiger charge is 2.39. The first-order chi connectivity index (χ1) is 8.24. The third-order valence-electron chi connectivity index (χ3n) is 3.83. The fraction of sp³-hybridized carbons (Fsp3) is 0.571. The van der Waals surface area contributed by atoms with E-state index in [2.05, 4.69) is 54.2 Å². The Hall–Kier alpha value is -0.900. The van der Waals surface area contributed by atoms with E-state index in [1.165, 1.54) is 5.56 Å². The van der Waals surface area contributed by atoms with Crippen molar-refractivity contribution in [2.75, 3.05) is 33.7 Å². The average molecular weight is 232 g/mol. The Morgan fingerprint density at radius 2 is 1.82 bits per heavy atom. The maximum atomic E-state index is 6.15. The quantitative estimate of drug-likeness (QED) is 0.727. The molecule has 3 nitrogen and oxygen atoms in total. The Bertz CT molecular complexity index is 377. The number of fused-ring (bicyclic) bond motifs is 2. The lowest BCUT2D eigenvalue weighted by atomic mass is 9.95. The van der Waals surface area contributed by atoms with Crippen LogP contribution in [0.15, 0.2) is 30.3 Å². The monoisotopic (exact) mass is 232 g/mol. The van der Waals surface area contributed by atoms with Gasteiger partial charge in [-0.25, -0.2) is 0 Å². The molecule has 0 amide bonds. The van der Waals surface area contributed by atoms with Gasteiger partial charge in [0.2, 0.25) is 0 Å². The van der Waals surface area contributed by atoms with Crippen LogP contribution in [0.1, 0.15) is 11.6 Å². The number of benzene rings is 1. The van der Waals surface area contributed by atoms with Crippen molar-refractivity contribution in [3.63, 3.8) is 0 Å². The molecule has 0 N–H and O–H groups in total. The van der Waals surface area contributed by atoms with E-state index < -0.39 is 0 Å². The summed E-state index contributed by atoms with van der Waals surface area (Å²) in [4.78, 5) is 4.84. The lowest BCUT2D eigenvalue weighted by Crippen LogP contribution is -2.58. The number of ether oxygens (including phenoxy) is 1. The largest absolute Gasteiger partial charge is 0.369 e. The summed E-state index contributed by atoms with van der Waals surface area (Å²) in [5.41, 5.74) is 1.37. The second-order valence-corrected chi connectivity index (χ2v) is 5.31. The van der Waals surface area contributed by atoms with Crippen molar-refractivity contribution < 1.29 is 4.74 Å². The molecule has 2 aliphatic heterocycles. The second-order valence-electron chi connectivity index (χ2n) is 5.31. The maximum Gasteiger partial charge on any atom is 0.0903 e. The molecule has 3 unspecified atom stereocenters. The fourth-order valence-electron chi connectivity index (χ4n) is 3.18. The minimum Gasteiger partial charge on any atom is -0.369 e. The van der Waals surface area contributed by atoms with Gasteiger partial charge in [0.05, 0.1) is 18.2 Å². The Morgan fingerprint density at radius 3 is 2.59 bits per heavy atom. The van der Waals surface area contributed by atoms with Crippen LogP contribution in [-0.2, 0) is 4.74 Å². The molecule has 17 heavy (non-hydrogen) atoms. The summed E-state index contributed by atoms with van der Waals surface area (Å²) in [5, 5.41) is 0. The molecule has 3 rings (SSSR count). The van der Waals surface area contributed by atoms with Gasteiger partial charge in [0.1, 0.15) is 0 Å². The minimum absolute atomic E-state index is 0.305. The molecule has 1 aromatic rings. The van der Waals surface area contributed by atoms with Gasteiger partial charge in [0.25, 0.3) is 0 Å². The van der Waals surface area contributed by atoms with Crippen molar-refractivity contribution in [2.24, 2.45) is 0 Å². The number of rotatable bonds is 1. The molecular formula is C14H20N2O. The van der Waals surface area contributed by atoms with Crippen LogP contribution in [0.5, 0.6) is 0 Å². The number of nitrogens with zero attached hydrogens (tertiary/aromatic N) is 2. The highest BCUT2D eigenvalue weighted by atomic mass is 16.5.